The van der Waals surface area contributed by atoms with Gasteiger partial charge in [-0.2, -0.15) is 0 Å². The molecule has 0 aliphatic carbocycles. The van der Waals surface area contributed by atoms with Crippen molar-refractivity contribution in [3.05, 3.63) is 88.9 Å². The van der Waals surface area contributed by atoms with Crippen LogP contribution in [0.3, 0.4) is 0 Å². The average molecular weight is 461 g/mol. The number of hydrogen-bond donors (Lipinski definition) is 1. The molecule has 1 N–H and O–H groups in total. The van der Waals surface area contributed by atoms with Crippen molar-refractivity contribution in [3.8, 4) is 11.4 Å². The minimum Gasteiger partial charge on any atom is -0.351 e. The monoisotopic (exact) mass is 460 g/mol. The van der Waals surface area contributed by atoms with E-state index in [1.165, 1.54) is 0 Å². The zero-order chi connectivity index (χ0) is 23.2. The summed E-state index contributed by atoms with van der Waals surface area (Å²) in [7, 11) is 0. The summed E-state index contributed by atoms with van der Waals surface area (Å²) in [5.41, 5.74) is 4.78. The summed E-state index contributed by atoms with van der Waals surface area (Å²) in [6, 6.07) is 23.7. The van der Waals surface area contributed by atoms with Gasteiger partial charge in [-0.05, 0) is 55.1 Å². The third kappa shape index (κ3) is 5.44. The van der Waals surface area contributed by atoms with Crippen molar-refractivity contribution in [2.24, 2.45) is 0 Å². The number of hydrogen-bond acceptors (Lipinski definition) is 3. The Bertz CT molecular complexity index is 1210. The van der Waals surface area contributed by atoms with Crippen LogP contribution in [0.5, 0.6) is 0 Å². The highest BCUT2D eigenvalue weighted by Gasteiger charge is 2.14. The molecule has 0 saturated carbocycles. The largest absolute Gasteiger partial charge is 0.351 e. The summed E-state index contributed by atoms with van der Waals surface area (Å²) < 4.78 is 2.21. The predicted molar refractivity (Wildman–Crippen MR) is 136 cm³/mol. The van der Waals surface area contributed by atoms with Crippen LogP contribution in [0.1, 0.15) is 29.8 Å². The number of carbonyl (C=O) groups is 1. The van der Waals surface area contributed by atoms with E-state index in [1.807, 2.05) is 66.7 Å². The highest BCUT2D eigenvalue weighted by molar-refractivity contribution is 6.30. The molecule has 0 bridgehead atoms. The Morgan fingerprint density at radius 1 is 0.970 bits per heavy atom. The topological polar surface area (TPSA) is 50.2 Å². The highest BCUT2D eigenvalue weighted by atomic mass is 35.5. The van der Waals surface area contributed by atoms with E-state index in [0.29, 0.717) is 18.7 Å². The molecule has 0 atom stereocenters. The smallest absolute Gasteiger partial charge is 0.251 e. The molecule has 4 rings (SSSR count). The van der Waals surface area contributed by atoms with E-state index in [0.717, 1.165) is 52.6 Å². The molecule has 1 aromatic heterocycles. The molecule has 1 amide bonds. The molecule has 0 radical (unpaired) electrons. The number of nitrogens with zero attached hydrogens (tertiary/aromatic N) is 3. The van der Waals surface area contributed by atoms with Crippen molar-refractivity contribution in [1.29, 1.82) is 0 Å². The molecule has 33 heavy (non-hydrogen) atoms. The van der Waals surface area contributed by atoms with Crippen molar-refractivity contribution in [2.75, 3.05) is 26.2 Å². The second kappa shape index (κ2) is 10.6. The maximum atomic E-state index is 12.6. The van der Waals surface area contributed by atoms with Crippen LogP contribution in [-0.4, -0.2) is 46.5 Å². The van der Waals surface area contributed by atoms with Gasteiger partial charge in [-0.1, -0.05) is 61.8 Å². The standard InChI is InChI=1S/C27H29ClN4O/c1-3-31(4-2)18-17-29-27(33)22-13-11-21(12-14-22)26-30-24-7-5-6-8-25(24)32(26)19-20-9-15-23(28)16-10-20/h5-16H,3-4,17-19H2,1-2H3,(H,29,33). The van der Waals surface area contributed by atoms with Crippen LogP contribution in [0.2, 0.25) is 5.02 Å². The fraction of sp³-hybridized carbons (Fsp3) is 0.259. The number of carbonyl (C=O) groups excluding carboxylic acids is 1. The van der Waals surface area contributed by atoms with Gasteiger partial charge in [-0.25, -0.2) is 4.98 Å². The van der Waals surface area contributed by atoms with Gasteiger partial charge in [0.15, 0.2) is 0 Å². The van der Waals surface area contributed by atoms with Crippen molar-refractivity contribution < 1.29 is 4.79 Å². The number of nitrogens with one attached hydrogen (secondary N) is 1. The summed E-state index contributed by atoms with van der Waals surface area (Å²) >= 11 is 6.06. The van der Waals surface area contributed by atoms with Gasteiger partial charge in [-0.3, -0.25) is 4.79 Å². The first kappa shape index (κ1) is 23.0. The highest BCUT2D eigenvalue weighted by Crippen LogP contribution is 2.26. The average Bonchev–Trinajstić information content (AvgIpc) is 3.21. The molecule has 170 valence electrons. The number of rotatable bonds is 9. The lowest BCUT2D eigenvalue weighted by Gasteiger charge is -2.18. The maximum absolute atomic E-state index is 12.6. The quantitative estimate of drug-likeness (QED) is 0.360. The maximum Gasteiger partial charge on any atom is 0.251 e. The van der Waals surface area contributed by atoms with Gasteiger partial charge in [0.25, 0.3) is 5.91 Å². The fourth-order valence-corrected chi connectivity index (χ4v) is 4.09. The van der Waals surface area contributed by atoms with E-state index >= 15 is 0 Å². The van der Waals surface area contributed by atoms with Gasteiger partial charge in [-0.15, -0.1) is 0 Å². The minimum atomic E-state index is -0.0524. The van der Waals surface area contributed by atoms with Crippen LogP contribution in [-0.2, 0) is 6.54 Å². The summed E-state index contributed by atoms with van der Waals surface area (Å²) in [5.74, 6) is 0.822. The molecule has 6 heteroatoms. The summed E-state index contributed by atoms with van der Waals surface area (Å²) in [4.78, 5) is 19.7. The molecule has 1 heterocycles. The molecule has 0 fully saturated rings. The van der Waals surface area contributed by atoms with Crippen molar-refractivity contribution in [2.45, 2.75) is 20.4 Å². The number of amides is 1. The lowest BCUT2D eigenvalue weighted by atomic mass is 10.1. The number of fused-ring (bicyclic) bond motifs is 1. The Morgan fingerprint density at radius 3 is 2.36 bits per heavy atom. The molecule has 3 aromatic carbocycles. The van der Waals surface area contributed by atoms with E-state index in [-0.39, 0.29) is 5.91 Å². The van der Waals surface area contributed by atoms with Gasteiger partial charge >= 0.3 is 0 Å². The van der Waals surface area contributed by atoms with Gasteiger partial charge in [0.05, 0.1) is 11.0 Å². The lowest BCUT2D eigenvalue weighted by molar-refractivity contribution is 0.0949. The number of halogens is 1. The number of benzene rings is 3. The lowest BCUT2D eigenvalue weighted by Crippen LogP contribution is -2.34. The van der Waals surface area contributed by atoms with E-state index in [1.54, 1.807) is 0 Å². The van der Waals surface area contributed by atoms with Crippen LogP contribution < -0.4 is 5.32 Å². The summed E-state index contributed by atoms with van der Waals surface area (Å²) in [6.45, 7) is 8.40. The van der Waals surface area contributed by atoms with E-state index < -0.39 is 0 Å². The number of aromatic nitrogens is 2. The van der Waals surface area contributed by atoms with Crippen molar-refractivity contribution in [3.63, 3.8) is 0 Å². The molecule has 0 saturated heterocycles. The zero-order valence-electron chi connectivity index (χ0n) is 19.1. The molecule has 5 nitrogen and oxygen atoms in total. The number of para-hydroxylation sites is 2. The first-order chi connectivity index (χ1) is 16.1. The van der Waals surface area contributed by atoms with Crippen molar-refractivity contribution >= 4 is 28.5 Å². The molecule has 0 spiro atoms. The molecule has 0 aliphatic rings. The summed E-state index contributed by atoms with van der Waals surface area (Å²) in [6.07, 6.45) is 0. The molecule has 0 aliphatic heterocycles. The SMILES string of the molecule is CCN(CC)CCNC(=O)c1ccc(-c2nc3ccccc3n2Cc2ccc(Cl)cc2)cc1. The third-order valence-corrected chi connectivity index (χ3v) is 6.17. The van der Waals surface area contributed by atoms with Gasteiger partial charge in [0.1, 0.15) is 5.82 Å². The predicted octanol–water partition coefficient (Wildman–Crippen LogP) is 5.48. The van der Waals surface area contributed by atoms with Crippen LogP contribution in [0, 0.1) is 0 Å². The van der Waals surface area contributed by atoms with Crippen molar-refractivity contribution in [1.82, 2.24) is 19.8 Å². The normalized spacial score (nSPS) is 11.3. The van der Waals surface area contributed by atoms with Gasteiger partial charge < -0.3 is 14.8 Å². The van der Waals surface area contributed by atoms with E-state index in [9.17, 15) is 4.79 Å². The Balaban J connectivity index is 1.56. The number of likely N-dealkylation sites (N-methyl/N-ethyl adjacent to an activating group) is 1. The Labute approximate surface area is 200 Å². The Morgan fingerprint density at radius 2 is 1.67 bits per heavy atom. The van der Waals surface area contributed by atoms with Crippen LogP contribution >= 0.6 is 11.6 Å². The van der Waals surface area contributed by atoms with E-state index in [4.69, 9.17) is 16.6 Å². The first-order valence-corrected chi connectivity index (χ1v) is 11.8. The van der Waals surface area contributed by atoms with E-state index in [2.05, 4.69) is 34.7 Å². The second-order valence-corrected chi connectivity index (χ2v) is 8.43. The molecule has 4 aromatic rings. The first-order valence-electron chi connectivity index (χ1n) is 11.4. The fourth-order valence-electron chi connectivity index (χ4n) is 3.97. The Kier molecular flexibility index (Phi) is 7.43. The summed E-state index contributed by atoms with van der Waals surface area (Å²) in [5, 5.41) is 3.74. The second-order valence-electron chi connectivity index (χ2n) is 8.00. The third-order valence-electron chi connectivity index (χ3n) is 5.92. The van der Waals surface area contributed by atoms with Gasteiger partial charge in [0.2, 0.25) is 0 Å². The Hall–Kier alpha value is -3.15. The van der Waals surface area contributed by atoms with Crippen LogP contribution in [0.25, 0.3) is 22.4 Å². The molecular weight excluding hydrogens is 432 g/mol. The number of imidazole rings is 1. The minimum absolute atomic E-state index is 0.0524. The zero-order valence-corrected chi connectivity index (χ0v) is 19.8. The molecule has 0 unspecified atom stereocenters. The van der Waals surface area contributed by atoms with Crippen LogP contribution in [0.4, 0.5) is 0 Å². The van der Waals surface area contributed by atoms with Gasteiger partial charge in [0, 0.05) is 35.8 Å². The molecular formula is C27H29ClN4O. The van der Waals surface area contributed by atoms with Crippen LogP contribution in [0.15, 0.2) is 72.8 Å².